The number of urea groups is 1. The second kappa shape index (κ2) is 7.16. The van der Waals surface area contributed by atoms with E-state index >= 15 is 0 Å². The lowest BCUT2D eigenvalue weighted by molar-refractivity contribution is 0.0299. The van der Waals surface area contributed by atoms with Crippen molar-refractivity contribution in [1.82, 2.24) is 14.5 Å². The molecular formula is C14H15N5O3S. The van der Waals surface area contributed by atoms with E-state index in [4.69, 9.17) is 4.74 Å². The van der Waals surface area contributed by atoms with Gasteiger partial charge in [-0.25, -0.2) is 4.79 Å². The van der Waals surface area contributed by atoms with E-state index in [1.54, 1.807) is 17.0 Å². The summed E-state index contributed by atoms with van der Waals surface area (Å²) in [5.41, 5.74) is 0.809. The van der Waals surface area contributed by atoms with Crippen LogP contribution in [0.2, 0.25) is 0 Å². The molecule has 0 spiro atoms. The van der Waals surface area contributed by atoms with Crippen LogP contribution in [0.5, 0.6) is 0 Å². The third-order valence-corrected chi connectivity index (χ3v) is 3.89. The summed E-state index contributed by atoms with van der Waals surface area (Å²) in [6.45, 7) is 2.01. The van der Waals surface area contributed by atoms with E-state index in [1.165, 1.54) is 0 Å². The molecule has 0 saturated carbocycles. The van der Waals surface area contributed by atoms with Gasteiger partial charge in [-0.15, -0.1) is 5.10 Å². The molecule has 3 amide bonds. The number of ether oxygens (including phenoxy) is 1. The molecule has 0 bridgehead atoms. The first-order valence-corrected chi connectivity index (χ1v) is 7.84. The molecule has 2 heterocycles. The molecule has 2 aromatic rings. The lowest BCUT2D eigenvalue weighted by atomic mass is 10.3. The zero-order valence-corrected chi connectivity index (χ0v) is 13.0. The van der Waals surface area contributed by atoms with Gasteiger partial charge in [0, 0.05) is 30.3 Å². The molecule has 0 aliphatic carbocycles. The van der Waals surface area contributed by atoms with Crippen LogP contribution in [0.15, 0.2) is 30.3 Å². The molecule has 1 aromatic carbocycles. The maximum absolute atomic E-state index is 12.4. The zero-order valence-electron chi connectivity index (χ0n) is 12.2. The molecule has 120 valence electrons. The number of para-hydroxylation sites is 1. The Morgan fingerprint density at radius 2 is 1.87 bits per heavy atom. The van der Waals surface area contributed by atoms with Crippen LogP contribution in [0, 0.1) is 0 Å². The summed E-state index contributed by atoms with van der Waals surface area (Å²) in [6.07, 6.45) is 0. The van der Waals surface area contributed by atoms with Crippen LogP contribution in [0.3, 0.4) is 0 Å². The van der Waals surface area contributed by atoms with Crippen molar-refractivity contribution in [3.8, 4) is 0 Å². The monoisotopic (exact) mass is 333 g/mol. The predicted molar refractivity (Wildman–Crippen MR) is 85.7 cm³/mol. The quantitative estimate of drug-likeness (QED) is 0.890. The van der Waals surface area contributed by atoms with Crippen LogP contribution >= 0.6 is 11.5 Å². The number of hydrogen-bond acceptors (Lipinski definition) is 6. The van der Waals surface area contributed by atoms with Crippen LogP contribution in [-0.4, -0.2) is 52.7 Å². The van der Waals surface area contributed by atoms with E-state index in [0.29, 0.717) is 37.0 Å². The highest BCUT2D eigenvalue weighted by molar-refractivity contribution is 7.10. The topological polar surface area (TPSA) is 96.4 Å². The predicted octanol–water partition coefficient (Wildman–Crippen LogP) is 1.65. The number of carbonyl (C=O) groups excluding carboxylic acids is 2. The van der Waals surface area contributed by atoms with Crippen molar-refractivity contribution < 1.29 is 14.3 Å². The van der Waals surface area contributed by atoms with Gasteiger partial charge in [0.05, 0.1) is 13.2 Å². The first kappa shape index (κ1) is 15.4. The summed E-state index contributed by atoms with van der Waals surface area (Å²) in [4.78, 5) is 26.1. The zero-order chi connectivity index (χ0) is 16.1. The maximum Gasteiger partial charge on any atom is 0.324 e. The molecule has 1 aromatic heterocycles. The fourth-order valence-electron chi connectivity index (χ4n) is 2.12. The van der Waals surface area contributed by atoms with Gasteiger partial charge in [-0.05, 0) is 12.1 Å². The SMILES string of the molecule is O=C(Nc1ccccc1)Nc1snnc1C(=O)N1CCOCC1. The number of amides is 3. The van der Waals surface area contributed by atoms with Crippen LogP contribution in [0.25, 0.3) is 0 Å². The van der Waals surface area contributed by atoms with E-state index < -0.39 is 6.03 Å². The molecule has 1 fully saturated rings. The minimum atomic E-state index is -0.446. The highest BCUT2D eigenvalue weighted by atomic mass is 32.1. The molecule has 23 heavy (non-hydrogen) atoms. The molecule has 1 aliphatic rings. The molecule has 9 heteroatoms. The number of rotatable bonds is 3. The Kier molecular flexibility index (Phi) is 4.79. The average molecular weight is 333 g/mol. The summed E-state index contributed by atoms with van der Waals surface area (Å²) in [7, 11) is 0. The van der Waals surface area contributed by atoms with Crippen LogP contribution in [0.1, 0.15) is 10.5 Å². The average Bonchev–Trinajstić information content (AvgIpc) is 3.03. The smallest absolute Gasteiger partial charge is 0.324 e. The summed E-state index contributed by atoms with van der Waals surface area (Å²) < 4.78 is 8.99. The molecule has 2 N–H and O–H groups in total. The van der Waals surface area contributed by atoms with Gasteiger partial charge in [0.25, 0.3) is 5.91 Å². The molecule has 1 saturated heterocycles. The minimum Gasteiger partial charge on any atom is -0.378 e. The fourth-order valence-corrected chi connectivity index (χ4v) is 2.67. The Bertz CT molecular complexity index is 685. The van der Waals surface area contributed by atoms with E-state index in [9.17, 15) is 9.59 Å². The van der Waals surface area contributed by atoms with E-state index in [1.807, 2.05) is 18.2 Å². The molecule has 8 nitrogen and oxygen atoms in total. The van der Waals surface area contributed by atoms with Crippen molar-refractivity contribution in [2.24, 2.45) is 0 Å². The van der Waals surface area contributed by atoms with Gasteiger partial charge in [-0.1, -0.05) is 22.7 Å². The van der Waals surface area contributed by atoms with Crippen molar-refractivity contribution in [3.63, 3.8) is 0 Å². The van der Waals surface area contributed by atoms with Crippen molar-refractivity contribution in [3.05, 3.63) is 36.0 Å². The van der Waals surface area contributed by atoms with Gasteiger partial charge in [-0.3, -0.25) is 10.1 Å². The number of benzene rings is 1. The van der Waals surface area contributed by atoms with Gasteiger partial charge in [0.1, 0.15) is 0 Å². The molecule has 3 rings (SSSR count). The molecule has 1 aliphatic heterocycles. The number of aromatic nitrogens is 2. The normalized spacial score (nSPS) is 14.3. The molecule has 0 atom stereocenters. The summed E-state index contributed by atoms with van der Waals surface area (Å²) in [5.74, 6) is -0.253. The maximum atomic E-state index is 12.4. The number of nitrogens with zero attached hydrogens (tertiary/aromatic N) is 3. The number of carbonyl (C=O) groups is 2. The second-order valence-corrected chi connectivity index (χ2v) is 5.55. The second-order valence-electron chi connectivity index (χ2n) is 4.80. The van der Waals surface area contributed by atoms with Gasteiger partial charge >= 0.3 is 6.03 Å². The molecular weight excluding hydrogens is 318 g/mol. The van der Waals surface area contributed by atoms with Crippen molar-refractivity contribution in [2.45, 2.75) is 0 Å². The fraction of sp³-hybridized carbons (Fsp3) is 0.286. The van der Waals surface area contributed by atoms with Crippen molar-refractivity contribution in [1.29, 1.82) is 0 Å². The molecule has 0 radical (unpaired) electrons. The van der Waals surface area contributed by atoms with Crippen LogP contribution in [0.4, 0.5) is 15.5 Å². The highest BCUT2D eigenvalue weighted by Gasteiger charge is 2.25. The Balaban J connectivity index is 1.66. The number of anilines is 2. The van der Waals surface area contributed by atoms with Crippen molar-refractivity contribution in [2.75, 3.05) is 36.9 Å². The Hall–Kier alpha value is -2.52. The summed E-state index contributed by atoms with van der Waals surface area (Å²) in [5, 5.41) is 9.48. The van der Waals surface area contributed by atoms with Crippen molar-refractivity contribution >= 4 is 34.2 Å². The number of morpholine rings is 1. The number of nitrogens with one attached hydrogen (secondary N) is 2. The molecule has 0 unspecified atom stereocenters. The van der Waals surface area contributed by atoms with Gasteiger partial charge in [0.2, 0.25) is 0 Å². The Morgan fingerprint density at radius 1 is 1.13 bits per heavy atom. The largest absolute Gasteiger partial charge is 0.378 e. The standard InChI is InChI=1S/C14H15N5O3S/c20-13(19-6-8-22-9-7-19)11-12(23-18-17-11)16-14(21)15-10-4-2-1-3-5-10/h1-5H,6-9H2,(H2,15,16,21). The van der Waals surface area contributed by atoms with E-state index in [-0.39, 0.29) is 11.6 Å². The lowest BCUT2D eigenvalue weighted by Gasteiger charge is -2.26. The number of hydrogen-bond donors (Lipinski definition) is 2. The Morgan fingerprint density at radius 3 is 2.61 bits per heavy atom. The third-order valence-electron chi connectivity index (χ3n) is 3.25. The first-order chi connectivity index (χ1) is 11.2. The highest BCUT2D eigenvalue weighted by Crippen LogP contribution is 2.20. The summed E-state index contributed by atoms with van der Waals surface area (Å²) >= 11 is 0.969. The van der Waals surface area contributed by atoms with Gasteiger partial charge in [-0.2, -0.15) is 0 Å². The minimum absolute atomic E-state index is 0.153. The lowest BCUT2D eigenvalue weighted by Crippen LogP contribution is -2.41. The van der Waals surface area contributed by atoms with Crippen LogP contribution in [-0.2, 0) is 4.74 Å². The van der Waals surface area contributed by atoms with Gasteiger partial charge < -0.3 is 15.0 Å². The van der Waals surface area contributed by atoms with E-state index in [2.05, 4.69) is 20.2 Å². The van der Waals surface area contributed by atoms with Gasteiger partial charge in [0.15, 0.2) is 10.7 Å². The van der Waals surface area contributed by atoms with E-state index in [0.717, 1.165) is 11.5 Å². The first-order valence-electron chi connectivity index (χ1n) is 7.06. The Labute approximate surface area is 136 Å². The summed E-state index contributed by atoms with van der Waals surface area (Å²) in [6, 6.07) is 8.58. The third kappa shape index (κ3) is 3.82. The van der Waals surface area contributed by atoms with Crippen LogP contribution < -0.4 is 10.6 Å².